The highest BCUT2D eigenvalue weighted by atomic mass is 16.6. The second-order valence-electron chi connectivity index (χ2n) is 9.57. The van der Waals surface area contributed by atoms with Gasteiger partial charge in [-0.25, -0.2) is 0 Å². The molecule has 0 bridgehead atoms. The van der Waals surface area contributed by atoms with Gasteiger partial charge in [0.1, 0.15) is 23.7 Å². The van der Waals surface area contributed by atoms with Crippen molar-refractivity contribution in [2.75, 3.05) is 19.0 Å². The molecule has 1 saturated carbocycles. The first-order valence-corrected chi connectivity index (χ1v) is 12.3. The minimum absolute atomic E-state index is 0.0246. The van der Waals surface area contributed by atoms with Crippen LogP contribution in [0.15, 0.2) is 42.5 Å². The van der Waals surface area contributed by atoms with Crippen LogP contribution in [0.1, 0.15) is 49.1 Å². The molecule has 5 rings (SSSR count). The zero-order chi connectivity index (χ0) is 24.4. The normalized spacial score (nSPS) is 25.0. The monoisotopic (exact) mass is 480 g/mol. The predicted octanol–water partition coefficient (Wildman–Crippen LogP) is 3.13. The van der Waals surface area contributed by atoms with E-state index in [9.17, 15) is 14.7 Å². The number of benzene rings is 2. The molecule has 0 spiro atoms. The number of carbonyl (C=O) groups is 2. The van der Waals surface area contributed by atoms with Gasteiger partial charge in [-0.2, -0.15) is 0 Å². The van der Waals surface area contributed by atoms with Crippen molar-refractivity contribution in [3.63, 3.8) is 0 Å². The maximum absolute atomic E-state index is 12.7. The predicted molar refractivity (Wildman–Crippen MR) is 129 cm³/mol. The third-order valence-electron chi connectivity index (χ3n) is 7.32. The summed E-state index contributed by atoms with van der Waals surface area (Å²) in [6.45, 7) is 0.167. The average molecular weight is 481 g/mol. The number of ether oxygens (including phenoxy) is 3. The summed E-state index contributed by atoms with van der Waals surface area (Å²) in [5, 5.41) is 15.9. The van der Waals surface area contributed by atoms with Crippen molar-refractivity contribution >= 4 is 17.5 Å². The van der Waals surface area contributed by atoms with Crippen LogP contribution in [0.25, 0.3) is 0 Å². The summed E-state index contributed by atoms with van der Waals surface area (Å²) >= 11 is 0. The molecule has 186 valence electrons. The van der Waals surface area contributed by atoms with Gasteiger partial charge in [0, 0.05) is 35.2 Å². The topological polar surface area (TPSA) is 106 Å². The highest BCUT2D eigenvalue weighted by Gasteiger charge is 2.46. The molecule has 0 radical (unpaired) electrons. The van der Waals surface area contributed by atoms with Gasteiger partial charge < -0.3 is 30.0 Å². The lowest BCUT2D eigenvalue weighted by atomic mass is 9.83. The number of hydrogen-bond acceptors (Lipinski definition) is 6. The second-order valence-corrected chi connectivity index (χ2v) is 9.57. The van der Waals surface area contributed by atoms with Gasteiger partial charge in [-0.15, -0.1) is 0 Å². The molecule has 3 aliphatic rings. The largest absolute Gasteiger partial charge is 0.496 e. The van der Waals surface area contributed by atoms with E-state index in [4.69, 9.17) is 14.2 Å². The molecule has 3 N–H and O–H groups in total. The zero-order valence-corrected chi connectivity index (χ0v) is 19.9. The highest BCUT2D eigenvalue weighted by Crippen LogP contribution is 2.47. The van der Waals surface area contributed by atoms with Gasteiger partial charge in [-0.1, -0.05) is 24.6 Å². The van der Waals surface area contributed by atoms with E-state index in [2.05, 4.69) is 10.6 Å². The fourth-order valence-corrected chi connectivity index (χ4v) is 5.20. The first-order valence-electron chi connectivity index (χ1n) is 12.3. The van der Waals surface area contributed by atoms with Crippen molar-refractivity contribution in [1.82, 2.24) is 5.32 Å². The molecule has 0 unspecified atom stereocenters. The number of nitrogens with one attached hydrogen (secondary N) is 2. The molecule has 2 amide bonds. The molecule has 2 aliphatic heterocycles. The zero-order valence-electron chi connectivity index (χ0n) is 19.9. The summed E-state index contributed by atoms with van der Waals surface area (Å²) in [7, 11) is 1.60. The highest BCUT2D eigenvalue weighted by molar-refractivity contribution is 5.93. The van der Waals surface area contributed by atoms with Crippen molar-refractivity contribution in [3.8, 4) is 11.5 Å². The average Bonchev–Trinajstić information content (AvgIpc) is 3.19. The van der Waals surface area contributed by atoms with Gasteiger partial charge in [-0.3, -0.25) is 9.59 Å². The first-order chi connectivity index (χ1) is 17.1. The minimum atomic E-state index is -0.527. The van der Waals surface area contributed by atoms with Gasteiger partial charge in [0.25, 0.3) is 0 Å². The van der Waals surface area contributed by atoms with Gasteiger partial charge in [-0.05, 0) is 43.5 Å². The molecule has 2 aromatic rings. The van der Waals surface area contributed by atoms with Gasteiger partial charge in [0.2, 0.25) is 11.8 Å². The van der Waals surface area contributed by atoms with E-state index in [1.165, 1.54) is 0 Å². The number of amides is 2. The van der Waals surface area contributed by atoms with E-state index in [0.29, 0.717) is 13.0 Å². The molecule has 1 saturated heterocycles. The number of anilines is 1. The molecule has 0 aromatic heterocycles. The number of aliphatic hydroxyl groups is 1. The summed E-state index contributed by atoms with van der Waals surface area (Å²) in [6.07, 6.45) is 2.58. The van der Waals surface area contributed by atoms with Gasteiger partial charge in [0.15, 0.2) is 0 Å². The van der Waals surface area contributed by atoms with Crippen LogP contribution in [-0.4, -0.2) is 48.9 Å². The maximum atomic E-state index is 12.7. The summed E-state index contributed by atoms with van der Waals surface area (Å²) in [5.74, 6) is 1.49. The Labute approximate surface area is 205 Å². The van der Waals surface area contributed by atoms with Crippen molar-refractivity contribution in [1.29, 1.82) is 0 Å². The molecule has 2 heterocycles. The molecule has 1 aliphatic carbocycles. The van der Waals surface area contributed by atoms with Crippen LogP contribution in [0.5, 0.6) is 11.5 Å². The van der Waals surface area contributed by atoms with Crippen LogP contribution in [-0.2, 0) is 20.9 Å². The molecular weight excluding hydrogens is 448 g/mol. The molecule has 35 heavy (non-hydrogen) atoms. The first kappa shape index (κ1) is 23.6. The smallest absolute Gasteiger partial charge is 0.227 e. The minimum Gasteiger partial charge on any atom is -0.496 e. The Balaban J connectivity index is 1.24. The summed E-state index contributed by atoms with van der Waals surface area (Å²) in [6, 6.07) is 13.2. The van der Waals surface area contributed by atoms with E-state index >= 15 is 0 Å². The number of methoxy groups -OCH3 is 1. The Morgan fingerprint density at radius 3 is 2.74 bits per heavy atom. The van der Waals surface area contributed by atoms with E-state index < -0.39 is 6.10 Å². The number of carbonyl (C=O) groups excluding carboxylic acids is 2. The summed E-state index contributed by atoms with van der Waals surface area (Å²) < 4.78 is 17.5. The molecule has 2 aromatic carbocycles. The Bertz CT molecular complexity index is 1090. The lowest BCUT2D eigenvalue weighted by Crippen LogP contribution is -2.47. The quantitative estimate of drug-likeness (QED) is 0.536. The lowest BCUT2D eigenvalue weighted by Gasteiger charge is -2.37. The number of aliphatic hydroxyl groups excluding tert-OH is 1. The third kappa shape index (κ3) is 4.99. The van der Waals surface area contributed by atoms with E-state index in [-0.39, 0.29) is 48.9 Å². The fourth-order valence-electron chi connectivity index (χ4n) is 5.20. The van der Waals surface area contributed by atoms with Crippen LogP contribution in [0.2, 0.25) is 0 Å². The van der Waals surface area contributed by atoms with Crippen molar-refractivity contribution in [3.05, 3.63) is 53.6 Å². The number of hydrogen-bond donors (Lipinski definition) is 3. The third-order valence-corrected chi connectivity index (χ3v) is 7.32. The van der Waals surface area contributed by atoms with E-state index in [1.54, 1.807) is 7.11 Å². The van der Waals surface area contributed by atoms with Crippen molar-refractivity contribution in [2.45, 2.75) is 62.9 Å². The Morgan fingerprint density at radius 1 is 1.17 bits per heavy atom. The Kier molecular flexibility index (Phi) is 6.92. The van der Waals surface area contributed by atoms with Crippen LogP contribution >= 0.6 is 0 Å². The number of rotatable bonds is 8. The summed E-state index contributed by atoms with van der Waals surface area (Å²) in [5.41, 5.74) is 2.64. The van der Waals surface area contributed by atoms with Crippen LogP contribution in [0, 0.1) is 5.92 Å². The lowest BCUT2D eigenvalue weighted by molar-refractivity contribution is -0.142. The van der Waals surface area contributed by atoms with E-state index in [0.717, 1.165) is 47.6 Å². The Hall–Kier alpha value is -3.10. The fraction of sp³-hybridized carbons (Fsp3) is 0.481. The Morgan fingerprint density at radius 2 is 2.00 bits per heavy atom. The molecule has 2 fully saturated rings. The molecular formula is C27H32N2O6. The van der Waals surface area contributed by atoms with Gasteiger partial charge in [0.05, 0.1) is 26.2 Å². The number of fused-ring (bicyclic) bond motifs is 3. The standard InChI is InChI=1S/C27H32N2O6/c1-33-22-8-3-2-5-17(22)14-28-25(31)13-19-12-21-20-11-18(29-27(32)16-6-4-7-16)9-10-23(20)35-26(21)24(15-30)34-19/h2-3,5,8-11,16,19,21,24,26,30H,4,6-7,12-15H2,1H3,(H,28,31)(H,29,32)/t19-,21+,24-,26-/m0/s1. The SMILES string of the molecule is COc1ccccc1CNC(=O)C[C@@H]1C[C@@H]2c3cc(NC(=O)C4CCC4)ccc3O[C@@H]2[C@H](CO)O1. The van der Waals surface area contributed by atoms with Crippen LogP contribution in [0.3, 0.4) is 0 Å². The number of para-hydroxylation sites is 1. The van der Waals surface area contributed by atoms with Crippen molar-refractivity contribution in [2.24, 2.45) is 5.92 Å². The van der Waals surface area contributed by atoms with E-state index in [1.807, 2.05) is 42.5 Å². The second kappa shape index (κ2) is 10.3. The molecule has 8 heteroatoms. The maximum Gasteiger partial charge on any atom is 0.227 e. The van der Waals surface area contributed by atoms with Gasteiger partial charge >= 0.3 is 0 Å². The molecule has 4 atom stereocenters. The summed E-state index contributed by atoms with van der Waals surface area (Å²) in [4.78, 5) is 25.1. The van der Waals surface area contributed by atoms with Crippen LogP contribution in [0.4, 0.5) is 5.69 Å². The van der Waals surface area contributed by atoms with Crippen molar-refractivity contribution < 1.29 is 28.9 Å². The molecule has 8 nitrogen and oxygen atoms in total. The van der Waals surface area contributed by atoms with Crippen LogP contribution < -0.4 is 20.1 Å².